The summed E-state index contributed by atoms with van der Waals surface area (Å²) in [7, 11) is 0. The molecule has 1 fully saturated rings. The summed E-state index contributed by atoms with van der Waals surface area (Å²) < 4.78 is 0. The molecular weight excluding hydrogens is 234 g/mol. The normalized spacial score (nSPS) is 23.6. The van der Waals surface area contributed by atoms with Crippen molar-refractivity contribution in [3.05, 3.63) is 23.8 Å². The fraction of sp³-hybridized carbons (Fsp3) is 0.647. The van der Waals surface area contributed by atoms with Crippen LogP contribution in [0.1, 0.15) is 51.5 Å². The summed E-state index contributed by atoms with van der Waals surface area (Å²) in [6.07, 6.45) is 6.65. The number of aryl methyl sites for hydroxylation is 1. The molecule has 2 nitrogen and oxygen atoms in total. The van der Waals surface area contributed by atoms with Crippen molar-refractivity contribution in [3.63, 3.8) is 0 Å². The van der Waals surface area contributed by atoms with Crippen molar-refractivity contribution < 1.29 is 5.11 Å². The van der Waals surface area contributed by atoms with E-state index in [0.717, 1.165) is 23.1 Å². The number of rotatable bonds is 4. The summed E-state index contributed by atoms with van der Waals surface area (Å²) in [5, 5.41) is 13.2. The highest BCUT2D eigenvalue weighted by Crippen LogP contribution is 2.31. The third-order valence-corrected chi connectivity index (χ3v) is 4.16. The Morgan fingerprint density at radius 3 is 2.79 bits per heavy atom. The summed E-state index contributed by atoms with van der Waals surface area (Å²) in [5.74, 6) is 2.07. The first-order chi connectivity index (χ1) is 9.04. The van der Waals surface area contributed by atoms with Crippen LogP contribution in [0.2, 0.25) is 0 Å². The van der Waals surface area contributed by atoms with Gasteiger partial charge in [0.05, 0.1) is 0 Å². The van der Waals surface area contributed by atoms with Crippen LogP contribution in [-0.2, 0) is 0 Å². The van der Waals surface area contributed by atoms with E-state index in [1.165, 1.54) is 32.1 Å². The van der Waals surface area contributed by atoms with E-state index in [0.29, 0.717) is 11.8 Å². The fourth-order valence-electron chi connectivity index (χ4n) is 3.28. The molecule has 0 heterocycles. The number of benzene rings is 1. The second kappa shape index (κ2) is 6.31. The highest BCUT2D eigenvalue weighted by Gasteiger charge is 2.22. The fourth-order valence-corrected chi connectivity index (χ4v) is 3.28. The van der Waals surface area contributed by atoms with Gasteiger partial charge in [0.15, 0.2) is 0 Å². The van der Waals surface area contributed by atoms with Gasteiger partial charge in [-0.15, -0.1) is 0 Å². The van der Waals surface area contributed by atoms with Crippen molar-refractivity contribution in [1.29, 1.82) is 0 Å². The van der Waals surface area contributed by atoms with Crippen LogP contribution in [0.4, 0.5) is 5.69 Å². The van der Waals surface area contributed by atoms with Gasteiger partial charge in [0.1, 0.15) is 5.75 Å². The molecule has 1 aliphatic rings. The topological polar surface area (TPSA) is 32.3 Å². The van der Waals surface area contributed by atoms with E-state index < -0.39 is 0 Å². The summed E-state index contributed by atoms with van der Waals surface area (Å²) in [4.78, 5) is 0. The lowest BCUT2D eigenvalue weighted by molar-refractivity contribution is 0.289. The van der Waals surface area contributed by atoms with Crippen LogP contribution in [0.25, 0.3) is 0 Å². The van der Waals surface area contributed by atoms with E-state index in [9.17, 15) is 5.11 Å². The Morgan fingerprint density at radius 1 is 1.32 bits per heavy atom. The number of anilines is 1. The molecule has 0 spiro atoms. The monoisotopic (exact) mass is 261 g/mol. The van der Waals surface area contributed by atoms with Crippen molar-refractivity contribution in [2.45, 2.75) is 58.9 Å². The number of hydrogen-bond acceptors (Lipinski definition) is 2. The van der Waals surface area contributed by atoms with Gasteiger partial charge in [-0.3, -0.25) is 0 Å². The lowest BCUT2D eigenvalue weighted by Gasteiger charge is -2.31. The summed E-state index contributed by atoms with van der Waals surface area (Å²) in [5.41, 5.74) is 2.09. The number of hydrogen-bond donors (Lipinski definition) is 2. The molecular formula is C17H27NO. The van der Waals surface area contributed by atoms with E-state index in [1.54, 1.807) is 6.07 Å². The molecule has 1 aromatic carbocycles. The smallest absolute Gasteiger partial charge is 0.118 e. The van der Waals surface area contributed by atoms with Gasteiger partial charge < -0.3 is 10.4 Å². The van der Waals surface area contributed by atoms with Crippen LogP contribution >= 0.6 is 0 Å². The maximum absolute atomic E-state index is 9.56. The summed E-state index contributed by atoms with van der Waals surface area (Å²) >= 11 is 0. The van der Waals surface area contributed by atoms with Crippen molar-refractivity contribution >= 4 is 5.69 Å². The molecule has 2 unspecified atom stereocenters. The van der Waals surface area contributed by atoms with Crippen molar-refractivity contribution in [1.82, 2.24) is 0 Å². The van der Waals surface area contributed by atoms with Gasteiger partial charge >= 0.3 is 0 Å². The van der Waals surface area contributed by atoms with Gasteiger partial charge in [0.2, 0.25) is 0 Å². The van der Waals surface area contributed by atoms with Gasteiger partial charge in [-0.25, -0.2) is 0 Å². The molecule has 2 N–H and O–H groups in total. The standard InChI is InChI=1S/C17H27NO/c1-12(2)9-14-5-4-6-15(11-14)18-16-7-8-17(19)13(3)10-16/h7-8,10,12,14-15,18-19H,4-6,9,11H2,1-3H3. The molecule has 19 heavy (non-hydrogen) atoms. The molecule has 0 bridgehead atoms. The van der Waals surface area contributed by atoms with E-state index in [2.05, 4.69) is 19.2 Å². The Bertz CT molecular complexity index is 414. The molecule has 1 aromatic rings. The maximum atomic E-state index is 9.56. The molecule has 2 heteroatoms. The second-order valence-electron chi connectivity index (χ2n) is 6.50. The lowest BCUT2D eigenvalue weighted by atomic mass is 9.81. The van der Waals surface area contributed by atoms with Crippen molar-refractivity contribution in [3.8, 4) is 5.75 Å². The minimum atomic E-state index is 0.381. The number of phenols is 1. The van der Waals surface area contributed by atoms with Gasteiger partial charge in [-0.2, -0.15) is 0 Å². The van der Waals surface area contributed by atoms with E-state index >= 15 is 0 Å². The number of nitrogens with one attached hydrogen (secondary N) is 1. The number of phenolic OH excluding ortho intramolecular Hbond substituents is 1. The van der Waals surface area contributed by atoms with Gasteiger partial charge in [-0.1, -0.05) is 26.7 Å². The molecule has 1 saturated carbocycles. The Hall–Kier alpha value is -1.18. The van der Waals surface area contributed by atoms with Crippen LogP contribution in [0.5, 0.6) is 5.75 Å². The number of aromatic hydroxyl groups is 1. The zero-order valence-corrected chi connectivity index (χ0v) is 12.4. The quantitative estimate of drug-likeness (QED) is 0.769. The molecule has 0 saturated heterocycles. The zero-order valence-electron chi connectivity index (χ0n) is 12.4. The Labute approximate surface area is 117 Å². The van der Waals surface area contributed by atoms with E-state index in [1.807, 2.05) is 19.1 Å². The average molecular weight is 261 g/mol. The molecule has 0 amide bonds. The van der Waals surface area contributed by atoms with Gasteiger partial charge in [-0.05, 0) is 61.8 Å². The van der Waals surface area contributed by atoms with Crippen LogP contribution in [0.15, 0.2) is 18.2 Å². The van der Waals surface area contributed by atoms with Crippen LogP contribution in [0.3, 0.4) is 0 Å². The van der Waals surface area contributed by atoms with Crippen molar-refractivity contribution in [2.24, 2.45) is 11.8 Å². The first kappa shape index (κ1) is 14.2. The first-order valence-corrected chi connectivity index (χ1v) is 7.60. The minimum absolute atomic E-state index is 0.381. The van der Waals surface area contributed by atoms with Crippen molar-refractivity contribution in [2.75, 3.05) is 5.32 Å². The first-order valence-electron chi connectivity index (χ1n) is 7.60. The minimum Gasteiger partial charge on any atom is -0.508 e. The van der Waals surface area contributed by atoms with Crippen LogP contribution in [-0.4, -0.2) is 11.1 Å². The largest absolute Gasteiger partial charge is 0.508 e. The SMILES string of the molecule is Cc1cc(NC2CCCC(CC(C)C)C2)ccc1O. The molecule has 1 aliphatic carbocycles. The maximum Gasteiger partial charge on any atom is 0.118 e. The second-order valence-corrected chi connectivity index (χ2v) is 6.50. The van der Waals surface area contributed by atoms with Gasteiger partial charge in [0.25, 0.3) is 0 Å². The highest BCUT2D eigenvalue weighted by atomic mass is 16.3. The Morgan fingerprint density at radius 2 is 2.11 bits per heavy atom. The molecule has 2 rings (SSSR count). The third-order valence-electron chi connectivity index (χ3n) is 4.16. The van der Waals surface area contributed by atoms with Gasteiger partial charge in [0, 0.05) is 11.7 Å². The predicted octanol–water partition coefficient (Wildman–Crippen LogP) is 4.72. The Balaban J connectivity index is 1.92. The molecule has 0 radical (unpaired) electrons. The lowest BCUT2D eigenvalue weighted by Crippen LogP contribution is -2.27. The predicted molar refractivity (Wildman–Crippen MR) is 81.7 cm³/mol. The Kier molecular flexibility index (Phi) is 4.73. The summed E-state index contributed by atoms with van der Waals surface area (Å²) in [6, 6.07) is 6.41. The molecule has 0 aromatic heterocycles. The molecule has 0 aliphatic heterocycles. The molecule has 106 valence electrons. The average Bonchev–Trinajstić information content (AvgIpc) is 2.33. The third kappa shape index (κ3) is 4.15. The van der Waals surface area contributed by atoms with Crippen LogP contribution < -0.4 is 5.32 Å². The zero-order chi connectivity index (χ0) is 13.8. The van der Waals surface area contributed by atoms with E-state index in [-0.39, 0.29) is 0 Å². The summed E-state index contributed by atoms with van der Waals surface area (Å²) in [6.45, 7) is 6.59. The van der Waals surface area contributed by atoms with E-state index in [4.69, 9.17) is 0 Å². The molecule has 2 atom stereocenters. The van der Waals surface area contributed by atoms with Crippen LogP contribution in [0, 0.1) is 18.8 Å². The highest BCUT2D eigenvalue weighted by molar-refractivity contribution is 5.50.